The maximum Gasteiger partial charge on any atom is 0.410 e. The van der Waals surface area contributed by atoms with Gasteiger partial charge in [-0.1, -0.05) is 0 Å². The summed E-state index contributed by atoms with van der Waals surface area (Å²) in [5.41, 5.74) is -0.495. The Morgan fingerprint density at radius 1 is 1.11 bits per heavy atom. The van der Waals surface area contributed by atoms with Crippen molar-refractivity contribution in [2.75, 3.05) is 32.8 Å². The fourth-order valence-corrected chi connectivity index (χ4v) is 1.85. The minimum Gasteiger partial charge on any atom is -0.444 e. The van der Waals surface area contributed by atoms with Gasteiger partial charge in [0.15, 0.2) is 0 Å². The van der Waals surface area contributed by atoms with E-state index < -0.39 is 5.60 Å². The molecule has 1 N–H and O–H groups in total. The van der Waals surface area contributed by atoms with Crippen molar-refractivity contribution in [3.63, 3.8) is 0 Å². The van der Waals surface area contributed by atoms with Gasteiger partial charge in [0.05, 0.1) is 0 Å². The van der Waals surface area contributed by atoms with Crippen LogP contribution in [0.2, 0.25) is 0 Å². The summed E-state index contributed by atoms with van der Waals surface area (Å²) in [7, 11) is 0. The molecule has 0 aromatic carbocycles. The molecule has 0 aliphatic carbocycles. The first kappa shape index (κ1) is 15.8. The van der Waals surface area contributed by atoms with Crippen molar-refractivity contribution in [1.29, 1.82) is 0 Å². The molecule has 0 aromatic rings. The molecule has 0 spiro atoms. The van der Waals surface area contributed by atoms with Crippen LogP contribution < -0.4 is 0 Å². The SMILES string of the molecule is CC(C)(C)OC(=O)N1CCN(C(=O)CCCO)CC1. The molecular formula is C13H24N2O4. The third-order valence-corrected chi connectivity index (χ3v) is 2.83. The van der Waals surface area contributed by atoms with Crippen molar-refractivity contribution in [3.8, 4) is 0 Å². The van der Waals surface area contributed by atoms with E-state index in [0.29, 0.717) is 39.0 Å². The van der Waals surface area contributed by atoms with Crippen LogP contribution >= 0.6 is 0 Å². The molecular weight excluding hydrogens is 248 g/mol. The van der Waals surface area contributed by atoms with Gasteiger partial charge in [0.25, 0.3) is 0 Å². The molecule has 0 unspecified atom stereocenters. The molecule has 0 bridgehead atoms. The van der Waals surface area contributed by atoms with E-state index in [0.717, 1.165) is 0 Å². The summed E-state index contributed by atoms with van der Waals surface area (Å²) in [5.74, 6) is 0.0397. The van der Waals surface area contributed by atoms with Crippen LogP contribution in [0.25, 0.3) is 0 Å². The maximum atomic E-state index is 11.8. The van der Waals surface area contributed by atoms with Gasteiger partial charge in [-0.25, -0.2) is 4.79 Å². The first-order chi connectivity index (χ1) is 8.83. The standard InChI is InChI=1S/C13H24N2O4/c1-13(2,3)19-12(18)15-8-6-14(7-9-15)11(17)5-4-10-16/h16H,4-10H2,1-3H3. The van der Waals surface area contributed by atoms with Crippen molar-refractivity contribution < 1.29 is 19.4 Å². The normalized spacial score (nSPS) is 16.4. The fraction of sp³-hybridized carbons (Fsp3) is 0.846. The minimum absolute atomic E-state index is 0.0314. The Bertz CT molecular complexity index is 317. The summed E-state index contributed by atoms with van der Waals surface area (Å²) in [6.45, 7) is 7.59. The van der Waals surface area contributed by atoms with Crippen LogP contribution in [0.15, 0.2) is 0 Å². The summed E-state index contributed by atoms with van der Waals surface area (Å²) >= 11 is 0. The second-order valence-electron chi connectivity index (χ2n) is 5.68. The zero-order chi connectivity index (χ0) is 14.5. The van der Waals surface area contributed by atoms with Crippen LogP contribution in [-0.2, 0) is 9.53 Å². The van der Waals surface area contributed by atoms with Gasteiger partial charge in [-0.15, -0.1) is 0 Å². The van der Waals surface area contributed by atoms with Gasteiger partial charge in [0.1, 0.15) is 5.60 Å². The number of carbonyl (C=O) groups is 2. The van der Waals surface area contributed by atoms with E-state index in [2.05, 4.69) is 0 Å². The molecule has 0 radical (unpaired) electrons. The van der Waals surface area contributed by atoms with Crippen LogP contribution in [-0.4, -0.2) is 65.3 Å². The summed E-state index contributed by atoms with van der Waals surface area (Å²) < 4.78 is 5.29. The lowest BCUT2D eigenvalue weighted by molar-refractivity contribution is -0.133. The quantitative estimate of drug-likeness (QED) is 0.826. The molecule has 1 aliphatic heterocycles. The first-order valence-corrected chi connectivity index (χ1v) is 6.70. The summed E-state index contributed by atoms with van der Waals surface area (Å²) in [6, 6.07) is 0. The molecule has 0 aromatic heterocycles. The zero-order valence-electron chi connectivity index (χ0n) is 12.0. The van der Waals surface area contributed by atoms with E-state index in [-0.39, 0.29) is 18.6 Å². The molecule has 6 heteroatoms. The average molecular weight is 272 g/mol. The highest BCUT2D eigenvalue weighted by Gasteiger charge is 2.27. The van der Waals surface area contributed by atoms with E-state index in [9.17, 15) is 9.59 Å². The zero-order valence-corrected chi connectivity index (χ0v) is 12.0. The highest BCUT2D eigenvalue weighted by molar-refractivity contribution is 5.76. The Balaban J connectivity index is 2.36. The Kier molecular flexibility index (Phi) is 5.60. The molecule has 6 nitrogen and oxygen atoms in total. The predicted molar refractivity (Wildman–Crippen MR) is 70.7 cm³/mol. The molecule has 1 aliphatic rings. The number of hydrogen-bond donors (Lipinski definition) is 1. The van der Waals surface area contributed by atoms with Crippen molar-refractivity contribution >= 4 is 12.0 Å². The summed E-state index contributed by atoms with van der Waals surface area (Å²) in [6.07, 6.45) is 0.531. The lowest BCUT2D eigenvalue weighted by Gasteiger charge is -2.35. The monoisotopic (exact) mass is 272 g/mol. The second kappa shape index (κ2) is 6.75. The Morgan fingerprint density at radius 3 is 2.11 bits per heavy atom. The van der Waals surface area contributed by atoms with E-state index in [1.807, 2.05) is 20.8 Å². The fourth-order valence-electron chi connectivity index (χ4n) is 1.85. The number of hydrogen-bond acceptors (Lipinski definition) is 4. The van der Waals surface area contributed by atoms with Crippen molar-refractivity contribution in [1.82, 2.24) is 9.80 Å². The molecule has 0 saturated carbocycles. The molecule has 110 valence electrons. The van der Waals surface area contributed by atoms with Crippen LogP contribution in [0.4, 0.5) is 4.79 Å². The van der Waals surface area contributed by atoms with E-state index in [1.54, 1.807) is 9.80 Å². The lowest BCUT2D eigenvalue weighted by Crippen LogP contribution is -2.51. The number of piperazine rings is 1. The molecule has 2 amide bonds. The maximum absolute atomic E-state index is 11.8. The smallest absolute Gasteiger partial charge is 0.410 e. The van der Waals surface area contributed by atoms with Crippen LogP contribution in [0.3, 0.4) is 0 Å². The number of nitrogens with zero attached hydrogens (tertiary/aromatic N) is 2. The molecule has 1 heterocycles. The average Bonchev–Trinajstić information content (AvgIpc) is 2.34. The third-order valence-electron chi connectivity index (χ3n) is 2.83. The van der Waals surface area contributed by atoms with Crippen LogP contribution in [0.5, 0.6) is 0 Å². The number of amides is 2. The molecule has 1 fully saturated rings. The number of aliphatic hydroxyl groups is 1. The molecule has 1 rings (SSSR count). The summed E-state index contributed by atoms with van der Waals surface area (Å²) in [4.78, 5) is 26.9. The highest BCUT2D eigenvalue weighted by atomic mass is 16.6. The lowest BCUT2D eigenvalue weighted by atomic mass is 10.2. The van der Waals surface area contributed by atoms with E-state index >= 15 is 0 Å². The first-order valence-electron chi connectivity index (χ1n) is 6.70. The Labute approximate surface area is 114 Å². The van der Waals surface area contributed by atoms with E-state index in [1.165, 1.54) is 0 Å². The van der Waals surface area contributed by atoms with Gasteiger partial charge in [-0.2, -0.15) is 0 Å². The van der Waals surface area contributed by atoms with E-state index in [4.69, 9.17) is 9.84 Å². The highest BCUT2D eigenvalue weighted by Crippen LogP contribution is 2.12. The molecule has 1 saturated heterocycles. The molecule has 19 heavy (non-hydrogen) atoms. The number of aliphatic hydroxyl groups excluding tert-OH is 1. The second-order valence-corrected chi connectivity index (χ2v) is 5.68. The topological polar surface area (TPSA) is 70.1 Å². The van der Waals surface area contributed by atoms with Crippen molar-refractivity contribution in [2.24, 2.45) is 0 Å². The minimum atomic E-state index is -0.495. The summed E-state index contributed by atoms with van der Waals surface area (Å²) in [5, 5.41) is 8.70. The number of rotatable bonds is 3. The van der Waals surface area contributed by atoms with Gasteiger partial charge >= 0.3 is 6.09 Å². The Morgan fingerprint density at radius 2 is 1.63 bits per heavy atom. The van der Waals surface area contributed by atoms with Crippen LogP contribution in [0, 0.1) is 0 Å². The van der Waals surface area contributed by atoms with Gasteiger partial charge in [0.2, 0.25) is 5.91 Å². The number of carbonyl (C=O) groups excluding carboxylic acids is 2. The van der Waals surface area contributed by atoms with Crippen LogP contribution in [0.1, 0.15) is 33.6 Å². The largest absolute Gasteiger partial charge is 0.444 e. The van der Waals surface area contributed by atoms with Gasteiger partial charge in [-0.05, 0) is 27.2 Å². The van der Waals surface area contributed by atoms with Gasteiger partial charge in [0, 0.05) is 39.2 Å². The van der Waals surface area contributed by atoms with Gasteiger partial charge in [-0.3, -0.25) is 4.79 Å². The van der Waals surface area contributed by atoms with Crippen molar-refractivity contribution in [2.45, 2.75) is 39.2 Å². The molecule has 0 atom stereocenters. The Hall–Kier alpha value is -1.30. The number of ether oxygens (including phenoxy) is 1. The van der Waals surface area contributed by atoms with Crippen molar-refractivity contribution in [3.05, 3.63) is 0 Å². The third kappa shape index (κ3) is 5.46. The predicted octanol–water partition coefficient (Wildman–Crippen LogP) is 0.838. The van der Waals surface area contributed by atoms with Gasteiger partial charge < -0.3 is 19.6 Å².